The second-order valence-corrected chi connectivity index (χ2v) is 391. The van der Waals surface area contributed by atoms with Crippen molar-refractivity contribution in [3.8, 4) is 0 Å². The van der Waals surface area contributed by atoms with Gasteiger partial charge in [0.15, 0.2) is 158 Å². The Balaban J connectivity index is 19.1. The molecular weight excluding hydrogens is 2790 g/mol. The zero-order valence-electron chi connectivity index (χ0n) is 71.8. The highest BCUT2D eigenvalue weighted by Crippen LogP contribution is 2.62. The van der Waals surface area contributed by atoms with E-state index in [1.54, 1.807) is 0 Å². The first kappa shape index (κ1) is 140. The third-order valence-electron chi connectivity index (χ3n) is 22.7. The summed E-state index contributed by atoms with van der Waals surface area (Å²) in [6, 6.07) is 0. The van der Waals surface area contributed by atoms with Gasteiger partial charge in [-0.05, 0) is 32.7 Å². The van der Waals surface area contributed by atoms with Crippen molar-refractivity contribution in [1.29, 1.82) is 0 Å². The fourth-order valence-electron chi connectivity index (χ4n) is 15.8. The van der Waals surface area contributed by atoms with Gasteiger partial charge in [-0.1, -0.05) is 0 Å². The maximum Gasteiger partial charge on any atom is 0.337 e. The number of hydrogen-bond donors (Lipinski definition) is 39. The molecule has 0 aromatic heterocycles. The molecule has 0 aliphatic carbocycles. The molecule has 3 atom stereocenters. The molecule has 0 spiro atoms. The molecule has 0 rings (SSSR count). The van der Waals surface area contributed by atoms with Crippen LogP contribution >= 0.6 is 0 Å². The summed E-state index contributed by atoms with van der Waals surface area (Å²) >= 11 is 0. The molecule has 129 heavy (non-hydrogen) atoms. The fourth-order valence-corrected chi connectivity index (χ4v) is 1260. The molecular formula is C6H136O61Si62. The summed E-state index contributed by atoms with van der Waals surface area (Å²) in [6.07, 6.45) is 0. The van der Waals surface area contributed by atoms with Crippen molar-refractivity contribution in [2.24, 2.45) is 0 Å². The Labute approximate surface area is 846 Å². The molecule has 0 saturated heterocycles. The lowest BCUT2D eigenvalue weighted by Crippen LogP contribution is -3.21. The normalized spacial score (nSPS) is 25.9. The molecule has 0 radical (unpaired) electrons. The SMILES string of the molecule is CO[Si]([SiH3])([SiH2]O)[Si](O[SiH2]O)(O[Si]([Si](O[Si](C)(C)[Si](C)=O)(O[Si](O[Si](O[SiH2]O)([SiH2]O)[SiH2]O)([Si](O[SiH2]O)([SiH2]O)[SiH2]O)[Si](O[SiH2]O)([SiH2]O)[SiH2]O)[Si](O[Si](O[SiH2]O)([SiH2]O)[SiH2]O)([Si](O[SiH2]O)([SiH2]O)[SiH2]O)[Si](O[SiH2]O)([SiH2]O)[SiH2]O)([Si](O[Si](O[SiH2]O)([SiH2]O)[SiH2]O)([Si](O[SiH2]O)([SiH2]O)[SiH2]O)[Si](O[SiH2]O)([SiH2]O)[SiH2]O)[Si](O[Si](O[SiH2]O)([SiH2]O)[SiH2]O)([Si](O[SiH2]O)([SiH2]O)[SiH2]O)[Si](O[SiH2]O)([SiH2]O)[SiH2]O)[Si](C)(C)O. The van der Waals surface area contributed by atoms with Crippen LogP contribution in [0.5, 0.6) is 0 Å². The van der Waals surface area contributed by atoms with Gasteiger partial charge in [-0.3, -0.25) is 0 Å². The summed E-state index contributed by atoms with van der Waals surface area (Å²) in [5.41, 5.74) is 0. The Morgan fingerprint density at radius 1 is 0.217 bits per heavy atom. The van der Waals surface area contributed by atoms with Gasteiger partial charge in [-0.15, -0.1) is 0 Å². The van der Waals surface area contributed by atoms with E-state index >= 15 is 9.26 Å². The highest BCUT2D eigenvalue weighted by atomic mass is 30.6. The van der Waals surface area contributed by atoms with E-state index in [2.05, 4.69) is 0 Å². The van der Waals surface area contributed by atoms with E-state index in [-0.39, 0.29) is 0 Å². The highest BCUT2D eigenvalue weighted by Gasteiger charge is 3.08. The minimum atomic E-state index is -9.67. The van der Waals surface area contributed by atoms with Crippen LogP contribution in [0, 0.1) is 0 Å². The third-order valence-corrected chi connectivity index (χ3v) is 684. The van der Waals surface area contributed by atoms with Crippen molar-refractivity contribution in [3.05, 3.63) is 0 Å². The van der Waals surface area contributed by atoms with Crippen molar-refractivity contribution in [1.82, 2.24) is 0 Å². The topological polar surface area (TPSA) is 1000 Å². The molecule has 0 aromatic carbocycles. The monoisotopic (exact) mass is 2920 g/mol. The van der Waals surface area contributed by atoms with Crippen LogP contribution in [0.3, 0.4) is 0 Å². The molecule has 774 valence electrons. The summed E-state index contributed by atoms with van der Waals surface area (Å²) in [5.74, 6) is 0. The maximum absolute atomic E-state index is 17.2. The minimum absolute atomic E-state index is 0.814. The van der Waals surface area contributed by atoms with Gasteiger partial charge in [0.05, 0.1) is 0 Å². The molecule has 0 bridgehead atoms. The van der Waals surface area contributed by atoms with E-state index < -0.39 is 538 Å². The average Bonchev–Trinajstić information content (AvgIpc) is 0.612. The quantitative estimate of drug-likeness (QED) is 0.0251. The lowest BCUT2D eigenvalue weighted by Gasteiger charge is -2.77. The van der Waals surface area contributed by atoms with Crippen LogP contribution in [0.2, 0.25) is 32.7 Å². The molecule has 123 heteroatoms. The summed E-state index contributed by atoms with van der Waals surface area (Å²) in [4.78, 5) is 526. The van der Waals surface area contributed by atoms with E-state index in [0.717, 1.165) is 39.8 Å². The van der Waals surface area contributed by atoms with Crippen molar-refractivity contribution in [3.63, 3.8) is 0 Å². The zero-order chi connectivity index (χ0) is 100. The molecule has 0 fully saturated rings. The Bertz CT molecular complexity index is 2890. The largest absolute Gasteiger partial charge is 0.442 e. The summed E-state index contributed by atoms with van der Waals surface area (Å²) < 4.78 is 175. The molecule has 0 heterocycles. The van der Waals surface area contributed by atoms with Crippen molar-refractivity contribution >= 4 is 538 Å². The van der Waals surface area contributed by atoms with Gasteiger partial charge in [0, 0.05) is 16.9 Å². The van der Waals surface area contributed by atoms with Crippen LogP contribution in [-0.2, 0) is 91.2 Å². The van der Waals surface area contributed by atoms with Gasteiger partial charge in [0.1, 0.15) is 0 Å². The Hall–Kier alpha value is 10.8. The third kappa shape index (κ3) is 26.2. The summed E-state index contributed by atoms with van der Waals surface area (Å²) in [5, 5.41) is 0. The molecule has 0 aliphatic heterocycles. The van der Waals surface area contributed by atoms with Crippen LogP contribution in [0.25, 0.3) is 0 Å². The first-order valence-electron chi connectivity index (χ1n) is 37.9. The summed E-state index contributed by atoms with van der Waals surface area (Å²) in [6.45, 7) is -93.7. The second kappa shape index (κ2) is 62.9. The molecule has 0 aromatic rings. The zero-order valence-corrected chi connectivity index (χ0v) is 151. The number of rotatable bonds is 81. The highest BCUT2D eigenvalue weighted by molar-refractivity contribution is 8.35. The van der Waals surface area contributed by atoms with Gasteiger partial charge in [0.2, 0.25) is 152 Å². The summed E-state index contributed by atoms with van der Waals surface area (Å²) in [7, 11) is -227. The van der Waals surface area contributed by atoms with Crippen LogP contribution in [-0.4, -0.2) is 732 Å². The average molecular weight is 2930 g/mol. The van der Waals surface area contributed by atoms with Crippen molar-refractivity contribution in [2.45, 2.75) is 32.7 Å². The lowest BCUT2D eigenvalue weighted by atomic mass is 11.8. The van der Waals surface area contributed by atoms with Crippen LogP contribution < -0.4 is 0 Å². The molecule has 0 amide bonds. The van der Waals surface area contributed by atoms with Crippen molar-refractivity contribution in [2.75, 3.05) is 7.11 Å². The van der Waals surface area contributed by atoms with Gasteiger partial charge in [-0.25, -0.2) is 0 Å². The second-order valence-electron chi connectivity index (χ2n) is 29.5. The molecule has 61 nitrogen and oxygen atoms in total. The Morgan fingerprint density at radius 2 is 0.419 bits per heavy atom. The van der Waals surface area contributed by atoms with Gasteiger partial charge >= 0.3 is 53.2 Å². The first-order chi connectivity index (χ1) is 60.8. The molecule has 3 unspecified atom stereocenters. The van der Waals surface area contributed by atoms with E-state index in [4.69, 9.17) is 78.5 Å². The fraction of sp³-hybridized carbons (Fsp3) is 1.00. The van der Waals surface area contributed by atoms with E-state index in [9.17, 15) is 190 Å². The standard InChI is InChI=1S/C6H136O61Si62/c1-47-117(68,90-28)114(52-73-11,108(3,4)46)67-127(128(122(99-37,100-38)57-78-16,123(101-39,102-40)58-79-17)64-112(86-24,87-25)50-71-9,129(124(103-41,104-42)59-80-18,125(105-43,106-44)60-81-19)65-113(88-26,89-27)51-72-10)116(61-109(5,6)107(2)45,126(120(95-33,96-34)55-76-14,121(97-35,98-36)56-77-15)63-111(84-22,85-23)49-70-8)66-115(118(91-29,92-30)53-74-12,119(93-31,94-32)54-75-13)62-110(82-20,83-21)48-69-7/h7-44,46H,69-106H2,1-6,68H3. The maximum atomic E-state index is 17.2. The van der Waals surface area contributed by atoms with E-state index in [0.29, 0.717) is 0 Å². The smallest absolute Gasteiger partial charge is 0.337 e. The predicted molar refractivity (Wildman–Crippen MR) is 612 cm³/mol. The number of hydrogen-bond acceptors (Lipinski definition) is 61. The lowest BCUT2D eigenvalue weighted by molar-refractivity contribution is 0.307. The van der Waals surface area contributed by atoms with Gasteiger partial charge in [-0.2, -0.15) is 0 Å². The Kier molecular flexibility index (Phi) is 68.2. The van der Waals surface area contributed by atoms with Crippen LogP contribution in [0.15, 0.2) is 0 Å². The Morgan fingerprint density at radius 3 is 0.597 bits per heavy atom. The van der Waals surface area contributed by atoms with Gasteiger partial charge < -0.3 is 278 Å². The molecule has 0 aliphatic rings. The first-order valence-corrected chi connectivity index (χ1v) is 191. The predicted octanol–water partition coefficient (Wildman–Crippen LogP) is -65.0. The van der Waals surface area contributed by atoms with Crippen molar-refractivity contribution < 1.29 is 278 Å². The molecule has 0 saturated carbocycles. The van der Waals surface area contributed by atoms with Gasteiger partial charge in [0.25, 0.3) is 166 Å². The van der Waals surface area contributed by atoms with E-state index in [1.165, 1.54) is 0 Å². The van der Waals surface area contributed by atoms with Crippen LogP contribution in [0.1, 0.15) is 0 Å². The molecule has 39 N–H and O–H groups in total. The minimum Gasteiger partial charge on any atom is -0.442 e. The van der Waals surface area contributed by atoms with E-state index in [1.807, 2.05) is 0 Å². The van der Waals surface area contributed by atoms with Crippen LogP contribution in [0.4, 0.5) is 0 Å².